The van der Waals surface area contributed by atoms with Gasteiger partial charge in [0.15, 0.2) is 0 Å². The van der Waals surface area contributed by atoms with Crippen LogP contribution in [0.15, 0.2) is 122 Å². The largest absolute Gasteiger partial charge is 0.461 e. The standard InChI is InChI=1S/C33H47N7O5.C31H43N7O5.C24H29N5O4/c1-5-7-12-24(6-2)22-45-30(42)26(21-34)19-25-13-15-27(16-14-25)37-32(43)35-17-10-8-9-11-18-36-33(44)40-31-38-28(23(3)4)20-29(41)39-31;1-4-6-11-23(5-2)21-43-28(40)25(20-32)19-24-12-14-26(15-13-24)36-30(41)33-16-9-7-8-10-17-34-31(42)38-29-35-22(3)18-27(39)37-29;1-4-6-7-17(5-2)15-33-22(31)19(14-25)13-18-8-10-20(11-9-18)27-24(32)29-23-26-16(3)12-21(30)28-23/h13-16,19-20,23-24H,5-12,17-18,22H2,1-4H3,(H2,35,37,43)(H3,36,38,39,40,41,44);12-15,18-19,23H,4-11,16-17,21H2,1-3H3,(H2,33,36,41)(H3,34,35,37,38,39,42);8-13,17H,4-7,15H2,1-3H3,(H3,26,27,28,29,30,32)/b26-19+;25-19+;19-13+. The Labute approximate surface area is 707 Å². The highest BCUT2D eigenvalue weighted by atomic mass is 16.5. The van der Waals surface area contributed by atoms with E-state index in [0.717, 1.165) is 128 Å². The first kappa shape index (κ1) is 100. The Bertz CT molecular complexity index is 4690. The molecule has 13 N–H and O–H groups in total. The molecule has 0 spiro atoms. The van der Waals surface area contributed by atoms with Crippen molar-refractivity contribution in [3.05, 3.63) is 173 Å². The number of rotatable bonds is 45. The van der Waals surface area contributed by atoms with E-state index in [0.29, 0.717) is 109 Å². The number of nitrogens with one attached hydrogen (secondary N) is 13. The average molecular weight is 1670 g/mol. The number of carbonyl (C=O) groups excluding carboxylic acids is 8. The zero-order chi connectivity index (χ0) is 88.7. The lowest BCUT2D eigenvalue weighted by Crippen LogP contribution is -2.31. The Morgan fingerprint density at radius 1 is 0.380 bits per heavy atom. The van der Waals surface area contributed by atoms with Gasteiger partial charge in [-0.25, -0.2) is 53.3 Å². The molecule has 33 nitrogen and oxygen atoms in total. The van der Waals surface area contributed by atoms with Crippen molar-refractivity contribution in [3.8, 4) is 18.2 Å². The molecule has 3 atom stereocenters. The molecule has 121 heavy (non-hydrogen) atoms. The highest BCUT2D eigenvalue weighted by molar-refractivity contribution is 6.01. The molecule has 0 aliphatic carbocycles. The lowest BCUT2D eigenvalue weighted by Gasteiger charge is -2.14. The Hall–Kier alpha value is -13.3. The van der Waals surface area contributed by atoms with E-state index >= 15 is 0 Å². The van der Waals surface area contributed by atoms with Gasteiger partial charge in [-0.15, -0.1) is 0 Å². The Balaban J connectivity index is 0.000000386. The third kappa shape index (κ3) is 42.6. The highest BCUT2D eigenvalue weighted by Crippen LogP contribution is 2.22. The topological polar surface area (TPSA) is 493 Å². The molecule has 3 unspecified atom stereocenters. The number of anilines is 6. The molecule has 6 rings (SSSR count). The van der Waals surface area contributed by atoms with Gasteiger partial charge < -0.3 is 51.4 Å². The number of ether oxygens (including phenoxy) is 3. The number of H-pyrrole nitrogens is 3. The summed E-state index contributed by atoms with van der Waals surface area (Å²) in [4.78, 5) is 152. The Morgan fingerprint density at radius 2 is 0.653 bits per heavy atom. The van der Waals surface area contributed by atoms with Gasteiger partial charge in [0.1, 0.15) is 34.9 Å². The Morgan fingerprint density at radius 3 is 0.926 bits per heavy atom. The summed E-state index contributed by atoms with van der Waals surface area (Å²) < 4.78 is 16.1. The van der Waals surface area contributed by atoms with E-state index in [1.165, 1.54) is 36.4 Å². The maximum absolute atomic E-state index is 12.4. The number of amides is 10. The zero-order valence-corrected chi connectivity index (χ0v) is 71.2. The summed E-state index contributed by atoms with van der Waals surface area (Å²) in [6.07, 6.45) is 23.2. The summed E-state index contributed by atoms with van der Waals surface area (Å²) in [6.45, 7) is 22.5. The number of nitrogens with zero attached hydrogens (tertiary/aromatic N) is 6. The molecule has 33 heteroatoms. The SMILES string of the molecule is CCCCC(CC)COC(=O)/C(C#N)=C/c1ccc(NC(=O)NCCCCCCNC(=O)Nc2nc(C(C)C)cc(=O)[nH]2)cc1.CCCCC(CC)COC(=O)/C(C#N)=C/c1ccc(NC(=O)NCCCCCCNC(=O)Nc2nc(C)cc(=O)[nH]2)cc1.CCCCC(CC)COC(=O)/C(C#N)=C/c1ccc(NC(=O)Nc2nc(C)cc(=O)[nH]2)cc1. The molecule has 3 aromatic heterocycles. The second-order valence-corrected chi connectivity index (χ2v) is 29.0. The second-order valence-electron chi connectivity index (χ2n) is 29.0. The summed E-state index contributed by atoms with van der Waals surface area (Å²) in [5.41, 5.74) is 3.86. The van der Waals surface area contributed by atoms with Crippen LogP contribution in [0.3, 0.4) is 0 Å². The van der Waals surface area contributed by atoms with E-state index in [1.807, 2.05) is 32.1 Å². The van der Waals surface area contributed by atoms with Crippen LogP contribution in [0.2, 0.25) is 0 Å². The molecule has 0 radical (unpaired) electrons. The molecule has 3 heterocycles. The maximum atomic E-state index is 12.4. The summed E-state index contributed by atoms with van der Waals surface area (Å²) >= 11 is 0. The van der Waals surface area contributed by atoms with Crippen molar-refractivity contribution < 1.29 is 52.6 Å². The number of aryl methyl sites for hydroxylation is 2. The summed E-state index contributed by atoms with van der Waals surface area (Å²) in [5.74, 6) is -0.714. The van der Waals surface area contributed by atoms with Crippen LogP contribution >= 0.6 is 0 Å². The van der Waals surface area contributed by atoms with Crippen LogP contribution in [0.5, 0.6) is 0 Å². The van der Waals surface area contributed by atoms with Gasteiger partial charge in [-0.2, -0.15) is 15.8 Å². The normalized spacial score (nSPS) is 11.8. The van der Waals surface area contributed by atoms with Gasteiger partial charge in [-0.05, 0) is 154 Å². The predicted octanol–water partition coefficient (Wildman–Crippen LogP) is 15.7. The fourth-order valence-electron chi connectivity index (χ4n) is 11.5. The number of carbonyl (C=O) groups is 8. The molecule has 0 fully saturated rings. The minimum Gasteiger partial charge on any atom is -0.461 e. The van der Waals surface area contributed by atoms with Gasteiger partial charge in [0, 0.05) is 72.8 Å². The van der Waals surface area contributed by atoms with E-state index in [-0.39, 0.29) is 75.1 Å². The van der Waals surface area contributed by atoms with Crippen molar-refractivity contribution in [1.82, 2.24) is 51.2 Å². The molecule has 0 aliphatic heterocycles. The van der Waals surface area contributed by atoms with Crippen molar-refractivity contribution in [2.75, 3.05) is 77.9 Å². The number of hydrogen-bond acceptors (Lipinski definition) is 20. The van der Waals surface area contributed by atoms with Crippen LogP contribution in [0.1, 0.15) is 223 Å². The van der Waals surface area contributed by atoms with E-state index in [9.17, 15) is 68.5 Å². The molecule has 10 amide bonds. The first-order valence-corrected chi connectivity index (χ1v) is 41.4. The van der Waals surface area contributed by atoms with Gasteiger partial charge in [-0.3, -0.25) is 45.3 Å². The van der Waals surface area contributed by atoms with Crippen LogP contribution in [0.25, 0.3) is 18.2 Å². The Kier molecular flexibility index (Phi) is 47.8. The van der Waals surface area contributed by atoms with Crippen molar-refractivity contribution in [2.24, 2.45) is 17.8 Å². The number of hydrogen-bond donors (Lipinski definition) is 13. The van der Waals surface area contributed by atoms with Crippen molar-refractivity contribution >= 4 is 101 Å². The minimum atomic E-state index is -0.645. The summed E-state index contributed by atoms with van der Waals surface area (Å²) in [6, 6.07) is 27.8. The number of benzene rings is 3. The molecular formula is C88H119N19O14. The number of esters is 3. The zero-order valence-electron chi connectivity index (χ0n) is 71.2. The first-order chi connectivity index (χ1) is 58.2. The average Bonchev–Trinajstić information content (AvgIpc) is 0.866. The molecule has 0 saturated carbocycles. The predicted molar refractivity (Wildman–Crippen MR) is 469 cm³/mol. The monoisotopic (exact) mass is 1670 g/mol. The van der Waals surface area contributed by atoms with Crippen LogP contribution in [-0.4, -0.2) is 124 Å². The summed E-state index contributed by atoms with van der Waals surface area (Å²) in [7, 11) is 0. The quantitative estimate of drug-likeness (QED) is 0.00555. The van der Waals surface area contributed by atoms with E-state index < -0.39 is 36.0 Å². The minimum absolute atomic E-state index is 0.0363. The molecule has 650 valence electrons. The van der Waals surface area contributed by atoms with E-state index in [4.69, 9.17) is 14.2 Å². The van der Waals surface area contributed by atoms with E-state index in [1.54, 1.807) is 86.6 Å². The molecule has 0 aliphatic rings. The highest BCUT2D eigenvalue weighted by Gasteiger charge is 2.19. The third-order valence-electron chi connectivity index (χ3n) is 18.6. The van der Waals surface area contributed by atoms with Gasteiger partial charge in [0.25, 0.3) is 16.7 Å². The smallest absolute Gasteiger partial charge is 0.348 e. The first-order valence-electron chi connectivity index (χ1n) is 41.4. The summed E-state index contributed by atoms with van der Waals surface area (Å²) in [5, 5.41) is 54.9. The number of urea groups is 5. The lowest BCUT2D eigenvalue weighted by molar-refractivity contribution is -0.140. The number of aromatic amines is 3. The van der Waals surface area contributed by atoms with Gasteiger partial charge >= 0.3 is 48.1 Å². The number of nitriles is 3. The van der Waals surface area contributed by atoms with Crippen molar-refractivity contribution in [3.63, 3.8) is 0 Å². The van der Waals surface area contributed by atoms with Crippen LogP contribution < -0.4 is 69.8 Å². The van der Waals surface area contributed by atoms with Gasteiger partial charge in [-0.1, -0.05) is 175 Å². The van der Waals surface area contributed by atoms with Crippen molar-refractivity contribution in [1.29, 1.82) is 15.8 Å². The van der Waals surface area contributed by atoms with Crippen LogP contribution in [0.4, 0.5) is 58.9 Å². The molecular weight excluding hydrogens is 1550 g/mol. The van der Waals surface area contributed by atoms with Crippen molar-refractivity contribution in [2.45, 2.75) is 204 Å². The third-order valence-corrected chi connectivity index (χ3v) is 18.6. The van der Waals surface area contributed by atoms with Crippen LogP contribution in [0, 0.1) is 65.6 Å². The fraction of sp³-hybridized carbons (Fsp3) is 0.466. The number of unbranched alkanes of at least 4 members (excludes halogenated alkanes) is 9. The second kappa shape index (κ2) is 57.8. The van der Waals surface area contributed by atoms with Gasteiger partial charge in [0.2, 0.25) is 17.8 Å². The number of aromatic nitrogens is 6. The molecule has 0 saturated heterocycles. The lowest BCUT2D eigenvalue weighted by atomic mass is 10.0. The van der Waals surface area contributed by atoms with E-state index in [2.05, 4.69) is 125 Å². The fourth-order valence-corrected chi connectivity index (χ4v) is 11.5. The maximum Gasteiger partial charge on any atom is 0.348 e. The molecule has 6 aromatic rings. The van der Waals surface area contributed by atoms with Crippen LogP contribution in [-0.2, 0) is 28.6 Å². The molecule has 3 aromatic carbocycles. The van der Waals surface area contributed by atoms with Gasteiger partial charge in [0.05, 0.1) is 25.5 Å². The molecule has 0 bridgehead atoms.